The SMILES string of the molecule is CC(NC(=O)CCNS(=O)(=O)c1ccc(Cl)c(C(F)(F)F)c1)c1ccc2[nH]c(=O)[nH]c2c1. The minimum absolute atomic E-state index is 0.244. The monoisotopic (exact) mass is 490 g/mol. The molecule has 13 heteroatoms. The summed E-state index contributed by atoms with van der Waals surface area (Å²) in [4.78, 5) is 28.1. The average molecular weight is 491 g/mol. The van der Waals surface area contributed by atoms with Crippen LogP contribution < -0.4 is 15.7 Å². The number of hydrogen-bond acceptors (Lipinski definition) is 4. The number of hydrogen-bond donors (Lipinski definition) is 4. The van der Waals surface area contributed by atoms with Gasteiger partial charge in [0.05, 0.1) is 32.6 Å². The smallest absolute Gasteiger partial charge is 0.350 e. The van der Waals surface area contributed by atoms with Gasteiger partial charge in [0.1, 0.15) is 0 Å². The standard InChI is InChI=1S/C19H18ClF3N4O4S/c1-10(11-2-5-15-16(8-11)27-18(29)26-15)25-17(28)6-7-24-32(30,31)12-3-4-14(20)13(9-12)19(21,22)23/h2-5,8-10,24H,6-7H2,1H3,(H,25,28)(H2,26,27,29). The van der Waals surface area contributed by atoms with E-state index in [0.717, 1.165) is 12.1 Å². The fraction of sp³-hybridized carbons (Fsp3) is 0.263. The quantitative estimate of drug-likeness (QED) is 0.406. The van der Waals surface area contributed by atoms with E-state index in [4.69, 9.17) is 11.6 Å². The molecule has 32 heavy (non-hydrogen) atoms. The largest absolute Gasteiger partial charge is 0.417 e. The van der Waals surface area contributed by atoms with E-state index >= 15 is 0 Å². The Morgan fingerprint density at radius 3 is 2.50 bits per heavy atom. The number of amides is 1. The molecular formula is C19H18ClF3N4O4S. The number of benzene rings is 2. The van der Waals surface area contributed by atoms with Crippen LogP contribution in [0.1, 0.15) is 30.5 Å². The van der Waals surface area contributed by atoms with Crippen molar-refractivity contribution < 1.29 is 26.4 Å². The lowest BCUT2D eigenvalue weighted by molar-refractivity contribution is -0.137. The molecule has 1 amide bonds. The Hall–Kier alpha value is -2.83. The molecule has 0 aliphatic rings. The van der Waals surface area contributed by atoms with Gasteiger partial charge in [-0.25, -0.2) is 17.9 Å². The van der Waals surface area contributed by atoms with E-state index in [0.29, 0.717) is 22.7 Å². The molecule has 0 fully saturated rings. The first-order chi connectivity index (χ1) is 14.9. The van der Waals surface area contributed by atoms with Gasteiger partial charge in [0.15, 0.2) is 0 Å². The number of fused-ring (bicyclic) bond motifs is 1. The number of aromatic nitrogens is 2. The summed E-state index contributed by atoms with van der Waals surface area (Å²) in [7, 11) is -4.28. The normalized spacial score (nSPS) is 13.3. The Kier molecular flexibility index (Phi) is 6.67. The van der Waals surface area contributed by atoms with Gasteiger partial charge in [0, 0.05) is 13.0 Å². The first-order valence-corrected chi connectivity index (χ1v) is 11.1. The maximum absolute atomic E-state index is 13.0. The summed E-state index contributed by atoms with van der Waals surface area (Å²) in [6, 6.07) is 6.89. The maximum Gasteiger partial charge on any atom is 0.417 e. The number of sulfonamides is 1. The molecule has 0 saturated heterocycles. The topological polar surface area (TPSA) is 124 Å². The van der Waals surface area contributed by atoms with Crippen LogP contribution >= 0.6 is 11.6 Å². The van der Waals surface area contributed by atoms with E-state index < -0.39 is 43.6 Å². The van der Waals surface area contributed by atoms with Crippen LogP contribution in [0, 0.1) is 0 Å². The van der Waals surface area contributed by atoms with Crippen LogP contribution in [-0.4, -0.2) is 30.8 Å². The summed E-state index contributed by atoms with van der Waals surface area (Å²) in [6.07, 6.45) is -5.05. The second kappa shape index (κ2) is 8.96. The van der Waals surface area contributed by atoms with E-state index in [2.05, 4.69) is 20.0 Å². The molecular weight excluding hydrogens is 473 g/mol. The van der Waals surface area contributed by atoms with Crippen LogP contribution in [0.2, 0.25) is 5.02 Å². The lowest BCUT2D eigenvalue weighted by atomic mass is 10.1. The zero-order valence-corrected chi connectivity index (χ0v) is 18.1. The molecule has 8 nitrogen and oxygen atoms in total. The zero-order chi connectivity index (χ0) is 23.7. The van der Waals surface area contributed by atoms with Gasteiger partial charge in [0.2, 0.25) is 15.9 Å². The van der Waals surface area contributed by atoms with Gasteiger partial charge in [0.25, 0.3) is 0 Å². The van der Waals surface area contributed by atoms with Crippen LogP contribution in [0.15, 0.2) is 46.1 Å². The van der Waals surface area contributed by atoms with Gasteiger partial charge in [-0.2, -0.15) is 13.2 Å². The van der Waals surface area contributed by atoms with Crippen molar-refractivity contribution in [2.24, 2.45) is 0 Å². The van der Waals surface area contributed by atoms with Crippen molar-refractivity contribution in [2.45, 2.75) is 30.5 Å². The van der Waals surface area contributed by atoms with Gasteiger partial charge in [-0.05, 0) is 42.8 Å². The van der Waals surface area contributed by atoms with Crippen LogP contribution in [0.5, 0.6) is 0 Å². The van der Waals surface area contributed by atoms with Crippen molar-refractivity contribution in [1.82, 2.24) is 20.0 Å². The van der Waals surface area contributed by atoms with Gasteiger partial charge in [-0.3, -0.25) is 4.79 Å². The lowest BCUT2D eigenvalue weighted by Crippen LogP contribution is -2.32. The fourth-order valence-corrected chi connectivity index (χ4v) is 4.27. The molecule has 1 unspecified atom stereocenters. The Morgan fingerprint density at radius 2 is 1.81 bits per heavy atom. The van der Waals surface area contributed by atoms with Gasteiger partial charge in [-0.1, -0.05) is 17.7 Å². The van der Waals surface area contributed by atoms with Crippen molar-refractivity contribution in [1.29, 1.82) is 0 Å². The number of alkyl halides is 3. The van der Waals surface area contributed by atoms with E-state index in [9.17, 15) is 31.2 Å². The highest BCUT2D eigenvalue weighted by Crippen LogP contribution is 2.35. The third kappa shape index (κ3) is 5.50. The second-order valence-corrected chi connectivity index (χ2v) is 9.13. The van der Waals surface area contributed by atoms with E-state index in [-0.39, 0.29) is 18.7 Å². The molecule has 0 bridgehead atoms. The Balaban J connectivity index is 1.59. The van der Waals surface area contributed by atoms with Gasteiger partial charge < -0.3 is 15.3 Å². The molecule has 1 heterocycles. The Bertz CT molecular complexity index is 1320. The summed E-state index contributed by atoms with van der Waals surface area (Å²) < 4.78 is 65.5. The van der Waals surface area contributed by atoms with Crippen molar-refractivity contribution in [3.05, 3.63) is 63.0 Å². The van der Waals surface area contributed by atoms with E-state index in [1.54, 1.807) is 25.1 Å². The minimum atomic E-state index is -4.81. The van der Waals surface area contributed by atoms with Crippen LogP contribution in [0.3, 0.4) is 0 Å². The molecule has 4 N–H and O–H groups in total. The van der Waals surface area contributed by atoms with Gasteiger partial charge >= 0.3 is 11.9 Å². The number of rotatable bonds is 7. The highest BCUT2D eigenvalue weighted by molar-refractivity contribution is 7.89. The molecule has 0 aliphatic heterocycles. The van der Waals surface area contributed by atoms with Gasteiger partial charge in [-0.15, -0.1) is 0 Å². The number of carbonyl (C=O) groups excluding carboxylic acids is 1. The van der Waals surface area contributed by atoms with Crippen molar-refractivity contribution >= 4 is 38.6 Å². The van der Waals surface area contributed by atoms with Crippen LogP contribution in [-0.2, 0) is 21.0 Å². The molecule has 2 aromatic carbocycles. The summed E-state index contributed by atoms with van der Waals surface area (Å²) in [6.45, 7) is 1.38. The number of halogens is 4. The molecule has 0 saturated carbocycles. The summed E-state index contributed by atoms with van der Waals surface area (Å²) >= 11 is 5.50. The molecule has 0 radical (unpaired) electrons. The van der Waals surface area contributed by atoms with Crippen molar-refractivity contribution in [2.75, 3.05) is 6.54 Å². The average Bonchev–Trinajstić information content (AvgIpc) is 3.06. The van der Waals surface area contributed by atoms with Crippen LogP contribution in [0.4, 0.5) is 13.2 Å². The highest BCUT2D eigenvalue weighted by Gasteiger charge is 2.34. The first kappa shape index (κ1) is 23.8. The number of nitrogens with one attached hydrogen (secondary N) is 4. The molecule has 3 rings (SSSR count). The third-order valence-electron chi connectivity index (χ3n) is 4.62. The molecule has 1 aromatic heterocycles. The highest BCUT2D eigenvalue weighted by atomic mass is 35.5. The van der Waals surface area contributed by atoms with Crippen LogP contribution in [0.25, 0.3) is 11.0 Å². The predicted molar refractivity (Wildman–Crippen MR) is 112 cm³/mol. The molecule has 172 valence electrons. The second-order valence-electron chi connectivity index (χ2n) is 6.96. The third-order valence-corrected chi connectivity index (χ3v) is 6.40. The molecule has 0 spiro atoms. The summed E-state index contributed by atoms with van der Waals surface area (Å²) in [5.74, 6) is -0.477. The first-order valence-electron chi connectivity index (χ1n) is 9.24. The number of aromatic amines is 2. The summed E-state index contributed by atoms with van der Waals surface area (Å²) in [5, 5.41) is 2.07. The number of imidazole rings is 1. The van der Waals surface area contributed by atoms with Crippen molar-refractivity contribution in [3.8, 4) is 0 Å². The zero-order valence-electron chi connectivity index (χ0n) is 16.5. The van der Waals surface area contributed by atoms with E-state index in [1.165, 1.54) is 0 Å². The van der Waals surface area contributed by atoms with E-state index in [1.807, 2.05) is 0 Å². The maximum atomic E-state index is 13.0. The number of H-pyrrole nitrogens is 2. The number of carbonyl (C=O) groups is 1. The fourth-order valence-electron chi connectivity index (χ4n) is 2.99. The summed E-state index contributed by atoms with van der Waals surface area (Å²) in [5.41, 5.74) is 0.270. The Labute approximate surface area is 185 Å². The molecule has 1 atom stereocenters. The minimum Gasteiger partial charge on any atom is -0.350 e. The molecule has 0 aliphatic carbocycles. The van der Waals surface area contributed by atoms with Crippen molar-refractivity contribution in [3.63, 3.8) is 0 Å². The predicted octanol–water partition coefficient (Wildman–Crippen LogP) is 3.07. The lowest BCUT2D eigenvalue weighted by Gasteiger charge is -2.15. The Morgan fingerprint density at radius 1 is 1.12 bits per heavy atom. The molecule has 3 aromatic rings.